The highest BCUT2D eigenvalue weighted by Gasteiger charge is 2.21. The van der Waals surface area contributed by atoms with Crippen molar-refractivity contribution in [2.75, 3.05) is 32.8 Å². The zero-order valence-electron chi connectivity index (χ0n) is 14.8. The topological polar surface area (TPSA) is 71.7 Å². The van der Waals surface area contributed by atoms with Crippen LogP contribution >= 0.6 is 0 Å². The van der Waals surface area contributed by atoms with Crippen LogP contribution in [-0.4, -0.2) is 58.6 Å². The van der Waals surface area contributed by atoms with Gasteiger partial charge in [-0.1, -0.05) is 35.0 Å². The number of aryl methyl sites for hydroxylation is 2. The Bertz CT molecular complexity index is 708. The lowest BCUT2D eigenvalue weighted by Crippen LogP contribution is -2.49. The van der Waals surface area contributed by atoms with Gasteiger partial charge >= 0.3 is 0 Å². The molecule has 0 atom stereocenters. The second-order valence-corrected chi connectivity index (χ2v) is 6.37. The van der Waals surface area contributed by atoms with Crippen LogP contribution in [0.3, 0.4) is 0 Å². The molecule has 0 radical (unpaired) electrons. The number of ether oxygens (including phenoxy) is 1. The number of piperazine rings is 1. The second kappa shape index (κ2) is 8.22. The minimum atomic E-state index is 0.00597. The van der Waals surface area contributed by atoms with Crippen molar-refractivity contribution in [3.05, 3.63) is 47.1 Å². The molecule has 25 heavy (non-hydrogen) atoms. The van der Waals surface area contributed by atoms with E-state index in [0.717, 1.165) is 32.7 Å². The van der Waals surface area contributed by atoms with Crippen LogP contribution in [0.1, 0.15) is 22.8 Å². The quantitative estimate of drug-likeness (QED) is 0.792. The maximum absolute atomic E-state index is 12.2. The molecule has 1 amide bonds. The summed E-state index contributed by atoms with van der Waals surface area (Å²) in [6.07, 6.45) is 0. The lowest BCUT2D eigenvalue weighted by molar-refractivity contribution is -0.138. The second-order valence-electron chi connectivity index (χ2n) is 6.37. The first-order valence-electron chi connectivity index (χ1n) is 8.53. The molecule has 2 aromatic rings. The summed E-state index contributed by atoms with van der Waals surface area (Å²) < 4.78 is 10.3. The third kappa shape index (κ3) is 5.11. The van der Waals surface area contributed by atoms with Crippen molar-refractivity contribution in [2.24, 2.45) is 0 Å². The summed E-state index contributed by atoms with van der Waals surface area (Å²) in [6, 6.07) is 8.56. The summed E-state index contributed by atoms with van der Waals surface area (Å²) in [4.78, 5) is 20.5. The van der Waals surface area contributed by atoms with E-state index in [2.05, 4.69) is 46.2 Å². The highest BCUT2D eigenvalue weighted by Crippen LogP contribution is 2.10. The van der Waals surface area contributed by atoms with E-state index in [1.165, 1.54) is 11.1 Å². The first-order valence-corrected chi connectivity index (χ1v) is 8.53. The summed E-state index contributed by atoms with van der Waals surface area (Å²) in [5.41, 5.74) is 2.60. The number of amides is 1. The van der Waals surface area contributed by atoms with Crippen molar-refractivity contribution in [1.82, 2.24) is 19.9 Å². The minimum absolute atomic E-state index is 0.00597. The normalized spacial score (nSPS) is 15.5. The van der Waals surface area contributed by atoms with Crippen LogP contribution in [0.25, 0.3) is 0 Å². The van der Waals surface area contributed by atoms with Gasteiger partial charge in [-0.15, -0.1) is 0 Å². The average molecular weight is 344 g/mol. The maximum atomic E-state index is 12.2. The number of hydrogen-bond donors (Lipinski definition) is 0. The van der Waals surface area contributed by atoms with Gasteiger partial charge in [0.1, 0.15) is 13.2 Å². The molecule has 7 nitrogen and oxygen atoms in total. The molecule has 0 spiro atoms. The van der Waals surface area contributed by atoms with E-state index in [4.69, 9.17) is 9.26 Å². The molecule has 2 heterocycles. The van der Waals surface area contributed by atoms with Crippen molar-refractivity contribution in [3.8, 4) is 0 Å². The number of hydrogen-bond acceptors (Lipinski definition) is 6. The first kappa shape index (κ1) is 17.6. The molecule has 3 rings (SSSR count). The number of carbonyl (C=O) groups excluding carboxylic acids is 1. The Morgan fingerprint density at radius 2 is 2.04 bits per heavy atom. The molecule has 1 aromatic carbocycles. The smallest absolute Gasteiger partial charge is 0.252 e. The Morgan fingerprint density at radius 1 is 1.24 bits per heavy atom. The summed E-state index contributed by atoms with van der Waals surface area (Å²) >= 11 is 0. The van der Waals surface area contributed by atoms with Crippen molar-refractivity contribution < 1.29 is 14.1 Å². The highest BCUT2D eigenvalue weighted by atomic mass is 16.5. The third-order valence-electron chi connectivity index (χ3n) is 4.23. The lowest BCUT2D eigenvalue weighted by Gasteiger charge is -2.34. The van der Waals surface area contributed by atoms with Gasteiger partial charge in [0.05, 0.1) is 0 Å². The van der Waals surface area contributed by atoms with Crippen LogP contribution in [0.2, 0.25) is 0 Å². The standard InChI is InChI=1S/C18H24N4O3/c1-14-4-3-5-16(10-14)11-21-6-8-22(9-7-21)18(23)13-24-12-17-19-15(2)20-25-17/h3-5,10H,6-9,11-13H2,1-2H3. The Labute approximate surface area is 147 Å². The van der Waals surface area contributed by atoms with Gasteiger partial charge in [0.25, 0.3) is 5.89 Å². The van der Waals surface area contributed by atoms with Crippen LogP contribution in [0.5, 0.6) is 0 Å². The van der Waals surface area contributed by atoms with Crippen molar-refractivity contribution in [3.63, 3.8) is 0 Å². The molecule has 1 saturated heterocycles. The average Bonchev–Trinajstić information content (AvgIpc) is 3.01. The summed E-state index contributed by atoms with van der Waals surface area (Å²) in [7, 11) is 0. The molecule has 0 unspecified atom stereocenters. The Hall–Kier alpha value is -2.25. The Morgan fingerprint density at radius 3 is 2.72 bits per heavy atom. The molecular weight excluding hydrogens is 320 g/mol. The van der Waals surface area contributed by atoms with Crippen molar-refractivity contribution in [1.29, 1.82) is 0 Å². The van der Waals surface area contributed by atoms with Crippen molar-refractivity contribution in [2.45, 2.75) is 27.0 Å². The largest absolute Gasteiger partial charge is 0.362 e. The maximum Gasteiger partial charge on any atom is 0.252 e. The number of carbonyl (C=O) groups is 1. The van der Waals surface area contributed by atoms with Gasteiger partial charge in [-0.25, -0.2) is 0 Å². The van der Waals surface area contributed by atoms with Crippen LogP contribution in [0.15, 0.2) is 28.8 Å². The van der Waals surface area contributed by atoms with Gasteiger partial charge in [0.2, 0.25) is 5.91 Å². The zero-order valence-corrected chi connectivity index (χ0v) is 14.8. The Balaban J connectivity index is 1.38. The molecule has 1 aromatic heterocycles. The van der Waals surface area contributed by atoms with E-state index in [1.54, 1.807) is 6.92 Å². The number of rotatable bonds is 6. The van der Waals surface area contributed by atoms with E-state index in [-0.39, 0.29) is 19.1 Å². The predicted molar refractivity (Wildman–Crippen MR) is 91.7 cm³/mol. The third-order valence-corrected chi connectivity index (χ3v) is 4.23. The SMILES string of the molecule is Cc1cccc(CN2CCN(C(=O)COCc3nc(C)no3)CC2)c1. The molecule has 0 aliphatic carbocycles. The van der Waals surface area contributed by atoms with E-state index >= 15 is 0 Å². The molecule has 0 N–H and O–H groups in total. The molecule has 0 saturated carbocycles. The zero-order chi connectivity index (χ0) is 17.6. The fraction of sp³-hybridized carbons (Fsp3) is 0.500. The van der Waals surface area contributed by atoms with E-state index in [1.807, 2.05) is 4.90 Å². The molecular formula is C18H24N4O3. The van der Waals surface area contributed by atoms with E-state index in [9.17, 15) is 4.79 Å². The van der Waals surface area contributed by atoms with Crippen LogP contribution < -0.4 is 0 Å². The van der Waals surface area contributed by atoms with E-state index in [0.29, 0.717) is 11.7 Å². The lowest BCUT2D eigenvalue weighted by atomic mass is 10.1. The molecule has 1 aliphatic rings. The highest BCUT2D eigenvalue weighted by molar-refractivity contribution is 5.77. The van der Waals surface area contributed by atoms with Crippen molar-refractivity contribution >= 4 is 5.91 Å². The molecule has 7 heteroatoms. The molecule has 1 aliphatic heterocycles. The first-order chi connectivity index (χ1) is 12.1. The fourth-order valence-electron chi connectivity index (χ4n) is 2.94. The van der Waals surface area contributed by atoms with Gasteiger partial charge in [0.15, 0.2) is 5.82 Å². The van der Waals surface area contributed by atoms with Crippen LogP contribution in [0.4, 0.5) is 0 Å². The predicted octanol–water partition coefficient (Wildman–Crippen LogP) is 1.55. The fourth-order valence-corrected chi connectivity index (χ4v) is 2.94. The summed E-state index contributed by atoms with van der Waals surface area (Å²) in [5, 5.41) is 3.69. The number of benzene rings is 1. The number of aromatic nitrogens is 2. The van der Waals surface area contributed by atoms with Gasteiger partial charge in [0, 0.05) is 32.7 Å². The number of nitrogens with zero attached hydrogens (tertiary/aromatic N) is 4. The van der Waals surface area contributed by atoms with Crippen LogP contribution in [0, 0.1) is 13.8 Å². The minimum Gasteiger partial charge on any atom is -0.362 e. The Kier molecular flexibility index (Phi) is 5.78. The van der Waals surface area contributed by atoms with Gasteiger partial charge in [-0.2, -0.15) is 4.98 Å². The monoisotopic (exact) mass is 344 g/mol. The van der Waals surface area contributed by atoms with Gasteiger partial charge in [-0.05, 0) is 19.4 Å². The summed E-state index contributed by atoms with van der Waals surface area (Å²) in [6.45, 7) is 8.20. The summed E-state index contributed by atoms with van der Waals surface area (Å²) in [5.74, 6) is 0.967. The van der Waals surface area contributed by atoms with Gasteiger partial charge < -0.3 is 14.2 Å². The van der Waals surface area contributed by atoms with Crippen LogP contribution in [-0.2, 0) is 22.7 Å². The van der Waals surface area contributed by atoms with Gasteiger partial charge in [-0.3, -0.25) is 9.69 Å². The molecule has 134 valence electrons. The molecule has 1 fully saturated rings. The molecule has 0 bridgehead atoms. The van der Waals surface area contributed by atoms with E-state index < -0.39 is 0 Å².